The standard InChI is InChI=1S/C16H23N5.HI/c1-3-17-16(20-13-6-7-13)18-9-8-14-11-21-10-4-5-12(2)15(21)19-14;/h4-5,10-11,13H,3,6-9H2,1-2H3,(H2,17,18,20);1H. The molecule has 2 aromatic heterocycles. The van der Waals surface area contributed by atoms with Crippen molar-refractivity contribution >= 4 is 35.6 Å². The average molecular weight is 413 g/mol. The Morgan fingerprint density at radius 2 is 2.27 bits per heavy atom. The highest BCUT2D eigenvalue weighted by Crippen LogP contribution is 2.18. The van der Waals surface area contributed by atoms with E-state index in [2.05, 4.69) is 57.2 Å². The van der Waals surface area contributed by atoms with Crippen molar-refractivity contribution in [2.45, 2.75) is 39.2 Å². The van der Waals surface area contributed by atoms with Crippen LogP contribution in [-0.2, 0) is 6.42 Å². The lowest BCUT2D eigenvalue weighted by atomic mass is 10.3. The van der Waals surface area contributed by atoms with Crippen LogP contribution >= 0.6 is 24.0 Å². The molecule has 0 saturated heterocycles. The fourth-order valence-electron chi connectivity index (χ4n) is 2.35. The van der Waals surface area contributed by atoms with Gasteiger partial charge in [0.15, 0.2) is 5.96 Å². The quantitative estimate of drug-likeness (QED) is 0.450. The number of fused-ring (bicyclic) bond motifs is 1. The largest absolute Gasteiger partial charge is 0.357 e. The van der Waals surface area contributed by atoms with Crippen molar-refractivity contribution in [3.63, 3.8) is 0 Å². The lowest BCUT2D eigenvalue weighted by molar-refractivity contribution is 0.806. The van der Waals surface area contributed by atoms with Crippen LogP contribution in [0.2, 0.25) is 0 Å². The van der Waals surface area contributed by atoms with E-state index in [1.54, 1.807) is 0 Å². The van der Waals surface area contributed by atoms with Gasteiger partial charge in [-0.05, 0) is 38.3 Å². The molecule has 2 heterocycles. The molecule has 0 aromatic carbocycles. The van der Waals surface area contributed by atoms with Gasteiger partial charge in [-0.3, -0.25) is 4.99 Å². The van der Waals surface area contributed by atoms with Gasteiger partial charge in [-0.25, -0.2) is 4.98 Å². The van der Waals surface area contributed by atoms with Gasteiger partial charge in [-0.1, -0.05) is 6.07 Å². The lowest BCUT2D eigenvalue weighted by Gasteiger charge is -2.09. The van der Waals surface area contributed by atoms with Crippen LogP contribution in [0.1, 0.15) is 31.0 Å². The third-order valence-corrected chi connectivity index (χ3v) is 3.63. The van der Waals surface area contributed by atoms with Crippen LogP contribution in [0.3, 0.4) is 0 Å². The van der Waals surface area contributed by atoms with Gasteiger partial charge in [-0.15, -0.1) is 24.0 Å². The minimum atomic E-state index is 0. The molecule has 2 N–H and O–H groups in total. The number of hydrogen-bond donors (Lipinski definition) is 2. The molecule has 0 aliphatic heterocycles. The first-order valence-corrected chi connectivity index (χ1v) is 7.74. The Balaban J connectivity index is 0.00000176. The van der Waals surface area contributed by atoms with Gasteiger partial charge in [0.1, 0.15) is 5.65 Å². The number of hydrogen-bond acceptors (Lipinski definition) is 2. The van der Waals surface area contributed by atoms with Crippen LogP contribution in [-0.4, -0.2) is 34.5 Å². The van der Waals surface area contributed by atoms with Gasteiger partial charge in [-0.2, -0.15) is 0 Å². The topological polar surface area (TPSA) is 53.7 Å². The molecule has 0 radical (unpaired) electrons. The molecule has 6 heteroatoms. The van der Waals surface area contributed by atoms with E-state index in [0.717, 1.165) is 36.8 Å². The summed E-state index contributed by atoms with van der Waals surface area (Å²) in [6.45, 7) is 5.83. The van der Waals surface area contributed by atoms with E-state index >= 15 is 0 Å². The molecule has 5 nitrogen and oxygen atoms in total. The minimum absolute atomic E-state index is 0. The molecule has 1 saturated carbocycles. The zero-order chi connectivity index (χ0) is 14.7. The number of nitrogens with one attached hydrogen (secondary N) is 2. The van der Waals surface area contributed by atoms with Crippen LogP contribution in [0.15, 0.2) is 29.5 Å². The van der Waals surface area contributed by atoms with Crippen LogP contribution in [0.25, 0.3) is 5.65 Å². The molecule has 120 valence electrons. The number of guanidine groups is 1. The second kappa shape index (κ2) is 7.80. The fourth-order valence-corrected chi connectivity index (χ4v) is 2.35. The smallest absolute Gasteiger partial charge is 0.191 e. The minimum Gasteiger partial charge on any atom is -0.357 e. The maximum atomic E-state index is 4.68. The Morgan fingerprint density at radius 3 is 2.95 bits per heavy atom. The van der Waals surface area contributed by atoms with Crippen molar-refractivity contribution in [3.8, 4) is 0 Å². The Morgan fingerprint density at radius 1 is 1.45 bits per heavy atom. The van der Waals surface area contributed by atoms with Crippen molar-refractivity contribution in [2.24, 2.45) is 4.99 Å². The van der Waals surface area contributed by atoms with Gasteiger partial charge in [0.2, 0.25) is 0 Å². The summed E-state index contributed by atoms with van der Waals surface area (Å²) in [6, 6.07) is 4.77. The SMILES string of the molecule is CCNC(=NCCc1cn2cccc(C)c2n1)NC1CC1.I. The number of imidazole rings is 1. The second-order valence-corrected chi connectivity index (χ2v) is 5.58. The number of nitrogens with zero attached hydrogens (tertiary/aromatic N) is 3. The maximum absolute atomic E-state index is 4.68. The first kappa shape index (κ1) is 17.1. The summed E-state index contributed by atoms with van der Waals surface area (Å²) in [7, 11) is 0. The molecule has 0 unspecified atom stereocenters. The number of aryl methyl sites for hydroxylation is 1. The Hall–Kier alpha value is -1.31. The summed E-state index contributed by atoms with van der Waals surface area (Å²) in [4.78, 5) is 9.31. The molecule has 0 bridgehead atoms. The number of aliphatic imine (C=N–C) groups is 1. The van der Waals surface area contributed by atoms with Crippen molar-refractivity contribution in [3.05, 3.63) is 35.8 Å². The third-order valence-electron chi connectivity index (χ3n) is 3.63. The fraction of sp³-hybridized carbons (Fsp3) is 0.500. The van der Waals surface area contributed by atoms with E-state index in [-0.39, 0.29) is 24.0 Å². The molecular weight excluding hydrogens is 389 g/mol. The van der Waals surface area contributed by atoms with Gasteiger partial charge in [0.25, 0.3) is 0 Å². The summed E-state index contributed by atoms with van der Waals surface area (Å²) in [5, 5.41) is 6.72. The molecule has 0 amide bonds. The number of halogens is 1. The monoisotopic (exact) mass is 413 g/mol. The van der Waals surface area contributed by atoms with Gasteiger partial charge in [0, 0.05) is 37.9 Å². The number of pyridine rings is 1. The van der Waals surface area contributed by atoms with E-state index in [1.807, 2.05) is 6.20 Å². The maximum Gasteiger partial charge on any atom is 0.191 e. The summed E-state index contributed by atoms with van der Waals surface area (Å²) in [6.07, 6.45) is 7.52. The number of aromatic nitrogens is 2. The molecule has 0 atom stereocenters. The van der Waals surface area contributed by atoms with E-state index < -0.39 is 0 Å². The Bertz CT molecular complexity index is 645. The summed E-state index contributed by atoms with van der Waals surface area (Å²) in [5.74, 6) is 0.931. The van der Waals surface area contributed by atoms with Crippen molar-refractivity contribution < 1.29 is 0 Å². The second-order valence-electron chi connectivity index (χ2n) is 5.58. The van der Waals surface area contributed by atoms with Gasteiger partial charge >= 0.3 is 0 Å². The Labute approximate surface area is 148 Å². The van der Waals surface area contributed by atoms with E-state index in [1.165, 1.54) is 18.4 Å². The first-order valence-electron chi connectivity index (χ1n) is 7.74. The number of rotatable bonds is 5. The lowest BCUT2D eigenvalue weighted by Crippen LogP contribution is -2.38. The summed E-state index contributed by atoms with van der Waals surface area (Å²) < 4.78 is 2.09. The molecule has 3 rings (SSSR count). The molecule has 1 aliphatic rings. The van der Waals surface area contributed by atoms with E-state index in [9.17, 15) is 0 Å². The normalized spacial score (nSPS) is 14.7. The Kier molecular flexibility index (Phi) is 6.05. The average Bonchev–Trinajstić information content (AvgIpc) is 3.17. The first-order chi connectivity index (χ1) is 10.3. The van der Waals surface area contributed by atoms with E-state index in [4.69, 9.17) is 0 Å². The molecule has 0 spiro atoms. The van der Waals surface area contributed by atoms with Crippen molar-refractivity contribution in [1.82, 2.24) is 20.0 Å². The van der Waals surface area contributed by atoms with Crippen LogP contribution < -0.4 is 10.6 Å². The van der Waals surface area contributed by atoms with Crippen molar-refractivity contribution in [1.29, 1.82) is 0 Å². The molecule has 2 aromatic rings. The van der Waals surface area contributed by atoms with Crippen LogP contribution in [0.5, 0.6) is 0 Å². The highest BCUT2D eigenvalue weighted by Gasteiger charge is 2.21. The predicted molar refractivity (Wildman–Crippen MR) is 101 cm³/mol. The van der Waals surface area contributed by atoms with Crippen LogP contribution in [0, 0.1) is 6.92 Å². The highest BCUT2D eigenvalue weighted by molar-refractivity contribution is 14.0. The van der Waals surface area contributed by atoms with Gasteiger partial charge in [0.05, 0.1) is 5.69 Å². The zero-order valence-electron chi connectivity index (χ0n) is 13.2. The predicted octanol–water partition coefficient (Wildman–Crippen LogP) is 2.52. The molecular formula is C16H24IN5. The molecule has 1 fully saturated rings. The van der Waals surface area contributed by atoms with Gasteiger partial charge < -0.3 is 15.0 Å². The van der Waals surface area contributed by atoms with Crippen molar-refractivity contribution in [2.75, 3.05) is 13.1 Å². The summed E-state index contributed by atoms with van der Waals surface area (Å²) >= 11 is 0. The third kappa shape index (κ3) is 4.34. The molecule has 22 heavy (non-hydrogen) atoms. The van der Waals surface area contributed by atoms with E-state index in [0.29, 0.717) is 6.04 Å². The van der Waals surface area contributed by atoms with Crippen LogP contribution in [0.4, 0.5) is 0 Å². The molecule has 1 aliphatic carbocycles. The summed E-state index contributed by atoms with van der Waals surface area (Å²) in [5.41, 5.74) is 3.34. The zero-order valence-corrected chi connectivity index (χ0v) is 15.5. The highest BCUT2D eigenvalue weighted by atomic mass is 127.